The van der Waals surface area contributed by atoms with Gasteiger partial charge in [0.25, 0.3) is 0 Å². The van der Waals surface area contributed by atoms with E-state index in [9.17, 15) is 5.11 Å². The number of thioether (sulfide) groups is 1. The number of hydrogen-bond donors (Lipinski definition) is 2. The molecule has 1 aromatic rings. The third-order valence-electron chi connectivity index (χ3n) is 2.57. The van der Waals surface area contributed by atoms with Crippen LogP contribution in [0.3, 0.4) is 0 Å². The standard InChI is InChI=1S/C11H15NOS/c1-8-11(5-6-14-8)12-9-3-2-4-10(13)7-9/h2-4,7-8,11-13H,5-6H2,1H3. The minimum Gasteiger partial charge on any atom is -0.508 e. The van der Waals surface area contributed by atoms with Crippen LogP contribution >= 0.6 is 11.8 Å². The van der Waals surface area contributed by atoms with Gasteiger partial charge in [0.05, 0.1) is 0 Å². The topological polar surface area (TPSA) is 32.3 Å². The molecule has 2 nitrogen and oxygen atoms in total. The van der Waals surface area contributed by atoms with E-state index in [0.717, 1.165) is 5.69 Å². The van der Waals surface area contributed by atoms with Gasteiger partial charge in [-0.3, -0.25) is 0 Å². The highest BCUT2D eigenvalue weighted by atomic mass is 32.2. The number of phenols is 1. The van der Waals surface area contributed by atoms with Crippen LogP contribution in [0.25, 0.3) is 0 Å². The lowest BCUT2D eigenvalue weighted by molar-refractivity contribution is 0.475. The first-order valence-corrected chi connectivity index (χ1v) is 5.98. The van der Waals surface area contributed by atoms with Gasteiger partial charge in [-0.05, 0) is 24.3 Å². The van der Waals surface area contributed by atoms with Crippen molar-refractivity contribution in [1.82, 2.24) is 0 Å². The average Bonchev–Trinajstić information content (AvgIpc) is 2.52. The van der Waals surface area contributed by atoms with E-state index in [0.29, 0.717) is 17.0 Å². The summed E-state index contributed by atoms with van der Waals surface area (Å²) in [4.78, 5) is 0. The minimum atomic E-state index is 0.327. The van der Waals surface area contributed by atoms with Gasteiger partial charge in [0.1, 0.15) is 5.75 Å². The number of benzene rings is 1. The Morgan fingerprint density at radius 3 is 3.00 bits per heavy atom. The van der Waals surface area contributed by atoms with Gasteiger partial charge in [-0.1, -0.05) is 13.0 Å². The molecule has 0 radical (unpaired) electrons. The lowest BCUT2D eigenvalue weighted by Gasteiger charge is -2.17. The quantitative estimate of drug-likeness (QED) is 0.785. The summed E-state index contributed by atoms with van der Waals surface area (Å²) in [6, 6.07) is 7.87. The zero-order valence-corrected chi connectivity index (χ0v) is 9.05. The molecule has 1 heterocycles. The van der Waals surface area contributed by atoms with E-state index >= 15 is 0 Å². The molecule has 1 aliphatic heterocycles. The van der Waals surface area contributed by atoms with Crippen LogP contribution in [0.2, 0.25) is 0 Å². The molecular formula is C11H15NOS. The summed E-state index contributed by atoms with van der Waals surface area (Å²) in [6.07, 6.45) is 1.21. The fraction of sp³-hybridized carbons (Fsp3) is 0.455. The van der Waals surface area contributed by atoms with E-state index in [4.69, 9.17) is 0 Å². The lowest BCUT2D eigenvalue weighted by atomic mass is 10.1. The van der Waals surface area contributed by atoms with Crippen molar-refractivity contribution in [2.24, 2.45) is 0 Å². The predicted molar refractivity (Wildman–Crippen MR) is 62.1 cm³/mol. The van der Waals surface area contributed by atoms with Crippen LogP contribution in [0.4, 0.5) is 5.69 Å². The molecule has 0 spiro atoms. The predicted octanol–water partition coefficient (Wildman–Crippen LogP) is 2.70. The van der Waals surface area contributed by atoms with Crippen LogP contribution in [-0.2, 0) is 0 Å². The molecule has 0 amide bonds. The van der Waals surface area contributed by atoms with Gasteiger partial charge in [-0.25, -0.2) is 0 Å². The number of anilines is 1. The smallest absolute Gasteiger partial charge is 0.117 e. The fourth-order valence-corrected chi connectivity index (χ4v) is 2.93. The zero-order chi connectivity index (χ0) is 9.97. The van der Waals surface area contributed by atoms with Gasteiger partial charge in [-0.15, -0.1) is 0 Å². The summed E-state index contributed by atoms with van der Waals surface area (Å²) in [7, 11) is 0. The Hall–Kier alpha value is -0.830. The molecule has 2 unspecified atom stereocenters. The third-order valence-corrected chi connectivity index (χ3v) is 3.90. The summed E-state index contributed by atoms with van der Waals surface area (Å²) >= 11 is 2.00. The van der Waals surface area contributed by atoms with Crippen molar-refractivity contribution in [2.75, 3.05) is 11.1 Å². The molecule has 0 saturated carbocycles. The maximum absolute atomic E-state index is 9.31. The maximum atomic E-state index is 9.31. The first kappa shape index (κ1) is 9.71. The first-order chi connectivity index (χ1) is 6.75. The molecule has 1 aliphatic rings. The van der Waals surface area contributed by atoms with E-state index in [1.54, 1.807) is 12.1 Å². The monoisotopic (exact) mass is 209 g/mol. The van der Waals surface area contributed by atoms with Gasteiger partial charge >= 0.3 is 0 Å². The number of rotatable bonds is 2. The molecule has 2 rings (SSSR count). The minimum absolute atomic E-state index is 0.327. The molecule has 14 heavy (non-hydrogen) atoms. The molecule has 2 atom stereocenters. The van der Waals surface area contributed by atoms with Gasteiger partial charge in [0.2, 0.25) is 0 Å². The second kappa shape index (κ2) is 4.13. The highest BCUT2D eigenvalue weighted by Gasteiger charge is 2.23. The molecule has 1 aromatic carbocycles. The van der Waals surface area contributed by atoms with Crippen LogP contribution in [0.1, 0.15) is 13.3 Å². The molecule has 0 bridgehead atoms. The number of aromatic hydroxyl groups is 1. The van der Waals surface area contributed by atoms with E-state index in [1.807, 2.05) is 23.9 Å². The van der Waals surface area contributed by atoms with Crippen molar-refractivity contribution in [1.29, 1.82) is 0 Å². The molecule has 0 aromatic heterocycles. The second-order valence-electron chi connectivity index (χ2n) is 3.67. The lowest BCUT2D eigenvalue weighted by Crippen LogP contribution is -2.24. The number of nitrogens with one attached hydrogen (secondary N) is 1. The van der Waals surface area contributed by atoms with Crippen molar-refractivity contribution in [2.45, 2.75) is 24.6 Å². The summed E-state index contributed by atoms with van der Waals surface area (Å²) in [5.74, 6) is 1.56. The highest BCUT2D eigenvalue weighted by Crippen LogP contribution is 2.29. The Morgan fingerprint density at radius 2 is 2.36 bits per heavy atom. The van der Waals surface area contributed by atoms with Crippen LogP contribution in [-0.4, -0.2) is 22.2 Å². The summed E-state index contributed by atoms with van der Waals surface area (Å²) < 4.78 is 0. The second-order valence-corrected chi connectivity index (χ2v) is 5.15. The van der Waals surface area contributed by atoms with Gasteiger partial charge in [0, 0.05) is 23.0 Å². The summed E-state index contributed by atoms with van der Waals surface area (Å²) in [5, 5.41) is 13.4. The Kier molecular flexibility index (Phi) is 2.87. The van der Waals surface area contributed by atoms with Gasteiger partial charge in [0.15, 0.2) is 0 Å². The summed E-state index contributed by atoms with van der Waals surface area (Å²) in [6.45, 7) is 2.25. The van der Waals surface area contributed by atoms with E-state index in [1.165, 1.54) is 12.2 Å². The molecule has 0 aliphatic carbocycles. The van der Waals surface area contributed by atoms with Crippen molar-refractivity contribution in [3.8, 4) is 5.75 Å². The van der Waals surface area contributed by atoms with Crippen LogP contribution in [0, 0.1) is 0 Å². The number of hydrogen-bond acceptors (Lipinski definition) is 3. The molecule has 3 heteroatoms. The van der Waals surface area contributed by atoms with Crippen LogP contribution < -0.4 is 5.32 Å². The van der Waals surface area contributed by atoms with Crippen LogP contribution in [0.15, 0.2) is 24.3 Å². The van der Waals surface area contributed by atoms with Crippen molar-refractivity contribution in [3.63, 3.8) is 0 Å². The Bertz CT molecular complexity index is 316. The SMILES string of the molecule is CC1SCCC1Nc1cccc(O)c1. The van der Waals surface area contributed by atoms with Crippen molar-refractivity contribution in [3.05, 3.63) is 24.3 Å². The molecule has 1 fully saturated rings. The Balaban J connectivity index is 2.03. The Labute approximate surface area is 88.7 Å². The van der Waals surface area contributed by atoms with Gasteiger partial charge < -0.3 is 10.4 Å². The summed E-state index contributed by atoms with van der Waals surface area (Å²) in [5.41, 5.74) is 1.02. The van der Waals surface area contributed by atoms with Crippen LogP contribution in [0.5, 0.6) is 5.75 Å². The van der Waals surface area contributed by atoms with E-state index in [2.05, 4.69) is 12.2 Å². The van der Waals surface area contributed by atoms with Crippen molar-refractivity contribution >= 4 is 17.4 Å². The largest absolute Gasteiger partial charge is 0.508 e. The number of phenolic OH excluding ortho intramolecular Hbond substituents is 1. The zero-order valence-electron chi connectivity index (χ0n) is 8.23. The highest BCUT2D eigenvalue weighted by molar-refractivity contribution is 8.00. The first-order valence-electron chi connectivity index (χ1n) is 4.93. The van der Waals surface area contributed by atoms with E-state index < -0.39 is 0 Å². The van der Waals surface area contributed by atoms with E-state index in [-0.39, 0.29) is 0 Å². The molecule has 2 N–H and O–H groups in total. The average molecular weight is 209 g/mol. The Morgan fingerprint density at radius 1 is 1.50 bits per heavy atom. The fourth-order valence-electron chi connectivity index (χ4n) is 1.73. The maximum Gasteiger partial charge on any atom is 0.117 e. The normalized spacial score (nSPS) is 26.4. The molecular weight excluding hydrogens is 194 g/mol. The third kappa shape index (κ3) is 2.15. The molecule has 1 saturated heterocycles. The van der Waals surface area contributed by atoms with Crippen molar-refractivity contribution < 1.29 is 5.11 Å². The molecule has 76 valence electrons. The van der Waals surface area contributed by atoms with Gasteiger partial charge in [-0.2, -0.15) is 11.8 Å².